The van der Waals surface area contributed by atoms with Gasteiger partial charge >= 0.3 is 0 Å². The van der Waals surface area contributed by atoms with Crippen molar-refractivity contribution in [3.63, 3.8) is 0 Å². The van der Waals surface area contributed by atoms with Gasteiger partial charge in [0.1, 0.15) is 5.75 Å². The molecule has 4 heteroatoms. The van der Waals surface area contributed by atoms with E-state index in [9.17, 15) is 4.79 Å². The van der Waals surface area contributed by atoms with E-state index in [-0.39, 0.29) is 5.92 Å². The summed E-state index contributed by atoms with van der Waals surface area (Å²) in [5.74, 6) is 1.38. The fraction of sp³-hybridized carbons (Fsp3) is 0.588. The molecule has 1 aromatic carbocycles. The topological polar surface area (TPSA) is 41.6 Å². The Kier molecular flexibility index (Phi) is 3.14. The van der Waals surface area contributed by atoms with Crippen LogP contribution in [0.15, 0.2) is 18.2 Å². The van der Waals surface area contributed by atoms with Gasteiger partial charge in [0.2, 0.25) is 5.91 Å². The molecule has 3 atom stereocenters. The number of nitrogens with one attached hydrogen (secondary N) is 1. The van der Waals surface area contributed by atoms with Gasteiger partial charge in [-0.2, -0.15) is 0 Å². The normalized spacial score (nSPS) is 30.3. The molecule has 4 nitrogen and oxygen atoms in total. The van der Waals surface area contributed by atoms with E-state index in [1.165, 1.54) is 12.0 Å². The highest BCUT2D eigenvalue weighted by molar-refractivity contribution is 5.97. The van der Waals surface area contributed by atoms with Crippen molar-refractivity contribution in [2.24, 2.45) is 5.92 Å². The molecule has 0 spiro atoms. The van der Waals surface area contributed by atoms with Crippen molar-refractivity contribution in [3.05, 3.63) is 23.8 Å². The van der Waals surface area contributed by atoms with Gasteiger partial charge in [-0.05, 0) is 55.9 Å². The smallest absolute Gasteiger partial charge is 0.231 e. The largest absolute Gasteiger partial charge is 0.497 e. The first-order valence-corrected chi connectivity index (χ1v) is 8.00. The highest BCUT2D eigenvalue weighted by Gasteiger charge is 2.44. The number of aryl methyl sites for hydroxylation is 1. The van der Waals surface area contributed by atoms with Crippen LogP contribution < -0.4 is 15.0 Å². The standard InChI is InChI=1S/C17H22N2O2/c1-21-13-5-7-16-11(9-13)3-2-8-19(16)17(20)14-10-12-4-6-15(14)18-12/h5,7,9,12,14-15,18H,2-4,6,8,10H2,1H3. The average Bonchev–Trinajstić information content (AvgIpc) is 3.16. The van der Waals surface area contributed by atoms with Crippen LogP contribution in [0.1, 0.15) is 31.2 Å². The van der Waals surface area contributed by atoms with Crippen LogP contribution in [-0.2, 0) is 11.2 Å². The summed E-state index contributed by atoms with van der Waals surface area (Å²) in [5.41, 5.74) is 2.33. The molecule has 0 saturated carbocycles. The highest BCUT2D eigenvalue weighted by Crippen LogP contribution is 2.37. The summed E-state index contributed by atoms with van der Waals surface area (Å²) < 4.78 is 5.30. The van der Waals surface area contributed by atoms with Crippen molar-refractivity contribution in [1.29, 1.82) is 0 Å². The maximum Gasteiger partial charge on any atom is 0.231 e. The third-order valence-electron chi connectivity index (χ3n) is 5.29. The Morgan fingerprint density at radius 2 is 2.29 bits per heavy atom. The molecule has 4 rings (SSSR count). The summed E-state index contributed by atoms with van der Waals surface area (Å²) in [6.45, 7) is 0.853. The van der Waals surface area contributed by atoms with E-state index in [1.54, 1.807) is 7.11 Å². The number of hydrogen-bond acceptors (Lipinski definition) is 3. The first kappa shape index (κ1) is 13.1. The number of anilines is 1. The fourth-order valence-electron chi connectivity index (χ4n) is 4.23. The van der Waals surface area contributed by atoms with Crippen LogP contribution in [0.4, 0.5) is 5.69 Å². The number of carbonyl (C=O) groups is 1. The van der Waals surface area contributed by atoms with Crippen molar-refractivity contribution in [2.45, 2.75) is 44.2 Å². The Morgan fingerprint density at radius 3 is 3.00 bits per heavy atom. The zero-order valence-corrected chi connectivity index (χ0v) is 12.5. The van der Waals surface area contributed by atoms with E-state index >= 15 is 0 Å². The summed E-state index contributed by atoms with van der Waals surface area (Å²) in [4.78, 5) is 15.0. The molecule has 0 radical (unpaired) electrons. The molecule has 2 bridgehead atoms. The summed E-state index contributed by atoms with van der Waals surface area (Å²) in [6, 6.07) is 7.07. The monoisotopic (exact) mass is 286 g/mol. The molecule has 1 aromatic rings. The SMILES string of the molecule is COc1ccc2c(c1)CCCN2C(=O)C1CC2CCC1N2. The Balaban J connectivity index is 1.61. The van der Waals surface area contributed by atoms with Gasteiger partial charge in [0.05, 0.1) is 13.0 Å². The molecular formula is C17H22N2O2. The lowest BCUT2D eigenvalue weighted by Gasteiger charge is -2.33. The molecule has 1 N–H and O–H groups in total. The number of amides is 1. The van der Waals surface area contributed by atoms with Crippen molar-refractivity contribution in [1.82, 2.24) is 5.32 Å². The Morgan fingerprint density at radius 1 is 1.38 bits per heavy atom. The molecule has 0 aromatic heterocycles. The van der Waals surface area contributed by atoms with Crippen LogP contribution in [-0.4, -0.2) is 31.6 Å². The predicted molar refractivity (Wildman–Crippen MR) is 81.7 cm³/mol. The average molecular weight is 286 g/mol. The molecule has 3 heterocycles. The Hall–Kier alpha value is -1.55. The second-order valence-electron chi connectivity index (χ2n) is 6.48. The van der Waals surface area contributed by atoms with Crippen LogP contribution in [0.2, 0.25) is 0 Å². The lowest BCUT2D eigenvalue weighted by Crippen LogP contribution is -2.43. The second-order valence-corrected chi connectivity index (χ2v) is 6.48. The lowest BCUT2D eigenvalue weighted by molar-refractivity contribution is -0.123. The van der Waals surface area contributed by atoms with Gasteiger partial charge in [-0.25, -0.2) is 0 Å². The van der Waals surface area contributed by atoms with Crippen LogP contribution in [0.3, 0.4) is 0 Å². The van der Waals surface area contributed by atoms with Gasteiger partial charge in [0, 0.05) is 24.3 Å². The minimum Gasteiger partial charge on any atom is -0.497 e. The van der Waals surface area contributed by atoms with E-state index < -0.39 is 0 Å². The van der Waals surface area contributed by atoms with Gasteiger partial charge in [-0.1, -0.05) is 0 Å². The molecule has 3 aliphatic rings. The molecule has 3 aliphatic heterocycles. The maximum atomic E-state index is 13.0. The van der Waals surface area contributed by atoms with Gasteiger partial charge in [-0.3, -0.25) is 4.79 Å². The van der Waals surface area contributed by atoms with Gasteiger partial charge in [0.25, 0.3) is 0 Å². The molecule has 112 valence electrons. The second kappa shape index (κ2) is 5.02. The number of ether oxygens (including phenoxy) is 1. The minimum absolute atomic E-state index is 0.178. The number of methoxy groups -OCH3 is 1. The molecule has 21 heavy (non-hydrogen) atoms. The third kappa shape index (κ3) is 2.13. The fourth-order valence-corrected chi connectivity index (χ4v) is 4.23. The molecular weight excluding hydrogens is 264 g/mol. The highest BCUT2D eigenvalue weighted by atomic mass is 16.5. The summed E-state index contributed by atoms with van der Waals surface area (Å²) in [6.07, 6.45) is 5.49. The minimum atomic E-state index is 0.178. The van der Waals surface area contributed by atoms with Crippen molar-refractivity contribution in [3.8, 4) is 5.75 Å². The number of rotatable bonds is 2. The van der Waals surface area contributed by atoms with E-state index in [0.29, 0.717) is 18.0 Å². The van der Waals surface area contributed by atoms with Crippen LogP contribution in [0, 0.1) is 5.92 Å². The molecule has 3 unspecified atom stereocenters. The Bertz CT molecular complexity index is 572. The molecule has 2 saturated heterocycles. The number of hydrogen-bond donors (Lipinski definition) is 1. The molecule has 2 fully saturated rings. The van der Waals surface area contributed by atoms with Gasteiger partial charge < -0.3 is 15.0 Å². The predicted octanol–water partition coefficient (Wildman–Crippen LogP) is 2.11. The summed E-state index contributed by atoms with van der Waals surface area (Å²) in [5, 5.41) is 3.57. The van der Waals surface area contributed by atoms with Crippen LogP contribution in [0.25, 0.3) is 0 Å². The Labute approximate surface area is 125 Å². The van der Waals surface area contributed by atoms with Crippen molar-refractivity contribution >= 4 is 11.6 Å². The summed E-state index contributed by atoms with van der Waals surface area (Å²) >= 11 is 0. The van der Waals surface area contributed by atoms with Gasteiger partial charge in [0.15, 0.2) is 0 Å². The molecule has 1 amide bonds. The van der Waals surface area contributed by atoms with Crippen LogP contribution >= 0.6 is 0 Å². The van der Waals surface area contributed by atoms with Crippen molar-refractivity contribution < 1.29 is 9.53 Å². The van der Waals surface area contributed by atoms with Crippen LogP contribution in [0.5, 0.6) is 5.75 Å². The molecule has 0 aliphatic carbocycles. The number of nitrogens with zero attached hydrogens (tertiary/aromatic N) is 1. The van der Waals surface area contributed by atoms with E-state index in [2.05, 4.69) is 11.4 Å². The number of benzene rings is 1. The third-order valence-corrected chi connectivity index (χ3v) is 5.29. The first-order valence-electron chi connectivity index (χ1n) is 8.00. The lowest BCUT2D eigenvalue weighted by atomic mass is 9.87. The van der Waals surface area contributed by atoms with Gasteiger partial charge in [-0.15, -0.1) is 0 Å². The first-order chi connectivity index (χ1) is 10.3. The van der Waals surface area contributed by atoms with Crippen molar-refractivity contribution in [2.75, 3.05) is 18.6 Å². The number of carbonyl (C=O) groups excluding carboxylic acids is 1. The summed E-state index contributed by atoms with van der Waals surface area (Å²) in [7, 11) is 1.69. The quantitative estimate of drug-likeness (QED) is 0.905. The maximum absolute atomic E-state index is 13.0. The van der Waals surface area contributed by atoms with E-state index in [4.69, 9.17) is 4.74 Å². The zero-order chi connectivity index (χ0) is 14.4. The number of fused-ring (bicyclic) bond motifs is 3. The zero-order valence-electron chi connectivity index (χ0n) is 12.5. The van der Waals surface area contributed by atoms with E-state index in [1.807, 2.05) is 17.0 Å². The van der Waals surface area contributed by atoms with E-state index in [0.717, 1.165) is 43.7 Å².